The molecule has 2 fully saturated rings. The molecule has 6 heterocycles. The van der Waals surface area contributed by atoms with E-state index >= 15 is 0 Å². The average Bonchev–Trinajstić information content (AvgIpc) is 3.72. The Balaban J connectivity index is 0.000000165. The summed E-state index contributed by atoms with van der Waals surface area (Å²) in [6.45, 7) is 7.14. The molecule has 11 nitrogen and oxygen atoms in total. The van der Waals surface area contributed by atoms with Crippen molar-refractivity contribution < 1.29 is 14.3 Å². The van der Waals surface area contributed by atoms with E-state index in [1.165, 1.54) is 0 Å². The van der Waals surface area contributed by atoms with Crippen molar-refractivity contribution in [3.05, 3.63) is 53.2 Å². The van der Waals surface area contributed by atoms with Crippen LogP contribution in [0.2, 0.25) is 5.15 Å². The van der Waals surface area contributed by atoms with Gasteiger partial charge in [-0.15, -0.1) is 0 Å². The van der Waals surface area contributed by atoms with Crippen molar-refractivity contribution >= 4 is 34.7 Å². The van der Waals surface area contributed by atoms with Gasteiger partial charge in [0.1, 0.15) is 5.15 Å². The molecular formula is C29H37ClN8O3. The van der Waals surface area contributed by atoms with Crippen LogP contribution in [0.5, 0.6) is 5.88 Å². The third-order valence-electron chi connectivity index (χ3n) is 7.74. The molecular weight excluding hydrogens is 544 g/mol. The molecule has 0 saturated carbocycles. The Morgan fingerprint density at radius 1 is 0.829 bits per heavy atom. The number of hydrogen-bond acceptors (Lipinski definition) is 7. The minimum atomic E-state index is 0.227. The smallest absolute Gasteiger partial charge is 0.223 e. The normalized spacial score (nSPS) is 18.9. The fraction of sp³-hybridized carbons (Fsp3) is 0.517. The fourth-order valence-electron chi connectivity index (χ4n) is 5.76. The van der Waals surface area contributed by atoms with E-state index in [9.17, 15) is 9.59 Å². The molecule has 0 bridgehead atoms. The highest BCUT2D eigenvalue weighted by Crippen LogP contribution is 2.26. The van der Waals surface area contributed by atoms with Crippen LogP contribution in [-0.4, -0.2) is 71.0 Å². The van der Waals surface area contributed by atoms with Gasteiger partial charge < -0.3 is 14.5 Å². The summed E-state index contributed by atoms with van der Waals surface area (Å²) in [5.41, 5.74) is 3.38. The van der Waals surface area contributed by atoms with Crippen molar-refractivity contribution in [3.8, 4) is 5.88 Å². The molecule has 218 valence electrons. The number of rotatable bonds is 9. The standard InChI is InChI=1S/C15H20N4O2.C14H17ClN4O/c1-3-4-11-7-14(20)18(9-11)10-12-8-16-19-6-5-13(21-2)17-15(12)19;1-2-3-10-6-13(20)18(8-10)9-11-7-16-19-5-4-12(15)17-14(11)19/h5-6,8,11H,3-4,7,9-10H2,1-2H3;4-5,7,10H,2-3,6,8-9H2,1H3. The van der Waals surface area contributed by atoms with Gasteiger partial charge in [0, 0.05) is 55.5 Å². The Kier molecular flexibility index (Phi) is 9.02. The van der Waals surface area contributed by atoms with Gasteiger partial charge in [-0.25, -0.2) is 14.0 Å². The molecule has 0 N–H and O–H groups in total. The third kappa shape index (κ3) is 6.61. The number of amides is 2. The summed E-state index contributed by atoms with van der Waals surface area (Å²) in [4.78, 5) is 36.7. The quantitative estimate of drug-likeness (QED) is 0.270. The van der Waals surface area contributed by atoms with E-state index in [2.05, 4.69) is 34.0 Å². The van der Waals surface area contributed by atoms with E-state index in [1.807, 2.05) is 16.0 Å². The molecule has 2 aliphatic rings. The van der Waals surface area contributed by atoms with Gasteiger partial charge in [-0.1, -0.05) is 38.3 Å². The number of carbonyl (C=O) groups is 2. The van der Waals surface area contributed by atoms with Gasteiger partial charge >= 0.3 is 0 Å². The number of carbonyl (C=O) groups excluding carboxylic acids is 2. The minimum absolute atomic E-state index is 0.227. The fourth-order valence-corrected chi connectivity index (χ4v) is 5.89. The van der Waals surface area contributed by atoms with Crippen molar-refractivity contribution in [2.45, 2.75) is 65.5 Å². The van der Waals surface area contributed by atoms with Crippen LogP contribution in [0.15, 0.2) is 36.9 Å². The van der Waals surface area contributed by atoms with Gasteiger partial charge in [0.25, 0.3) is 0 Å². The van der Waals surface area contributed by atoms with E-state index in [0.29, 0.717) is 48.8 Å². The van der Waals surface area contributed by atoms with Crippen LogP contribution in [0.25, 0.3) is 11.3 Å². The monoisotopic (exact) mass is 580 g/mol. The van der Waals surface area contributed by atoms with Crippen LogP contribution in [0.4, 0.5) is 0 Å². The lowest BCUT2D eigenvalue weighted by Crippen LogP contribution is -2.24. The number of aromatic nitrogens is 6. The second-order valence-corrected chi connectivity index (χ2v) is 11.2. The predicted molar refractivity (Wildman–Crippen MR) is 154 cm³/mol. The van der Waals surface area contributed by atoms with Crippen molar-refractivity contribution in [1.29, 1.82) is 0 Å². The number of likely N-dealkylation sites (tertiary alicyclic amines) is 2. The highest BCUT2D eigenvalue weighted by Gasteiger charge is 2.30. The van der Waals surface area contributed by atoms with Crippen LogP contribution in [0, 0.1) is 11.8 Å². The van der Waals surface area contributed by atoms with Gasteiger partial charge in [0.15, 0.2) is 11.3 Å². The Morgan fingerprint density at radius 2 is 1.34 bits per heavy atom. The lowest BCUT2D eigenvalue weighted by Gasteiger charge is -2.15. The molecule has 2 saturated heterocycles. The number of hydrogen-bond donors (Lipinski definition) is 0. The molecule has 2 atom stereocenters. The molecule has 41 heavy (non-hydrogen) atoms. The Hall–Kier alpha value is -3.73. The summed E-state index contributed by atoms with van der Waals surface area (Å²) in [6, 6.07) is 3.46. The van der Waals surface area contributed by atoms with E-state index < -0.39 is 0 Å². The van der Waals surface area contributed by atoms with E-state index in [4.69, 9.17) is 16.3 Å². The molecule has 2 amide bonds. The number of nitrogens with zero attached hydrogens (tertiary/aromatic N) is 8. The summed E-state index contributed by atoms with van der Waals surface area (Å²) in [5, 5.41) is 8.96. The zero-order chi connectivity index (χ0) is 28.9. The van der Waals surface area contributed by atoms with E-state index in [0.717, 1.165) is 61.2 Å². The maximum Gasteiger partial charge on any atom is 0.223 e. The van der Waals surface area contributed by atoms with Crippen molar-refractivity contribution in [2.24, 2.45) is 11.8 Å². The van der Waals surface area contributed by atoms with Gasteiger partial charge in [-0.2, -0.15) is 15.2 Å². The van der Waals surface area contributed by atoms with Gasteiger partial charge in [-0.3, -0.25) is 9.59 Å². The first-order valence-corrected chi connectivity index (χ1v) is 14.7. The maximum atomic E-state index is 12.1. The molecule has 6 rings (SSSR count). The van der Waals surface area contributed by atoms with Crippen LogP contribution in [0.1, 0.15) is 63.5 Å². The number of ether oxygens (including phenoxy) is 1. The summed E-state index contributed by atoms with van der Waals surface area (Å²) < 4.78 is 8.55. The van der Waals surface area contributed by atoms with Crippen molar-refractivity contribution in [3.63, 3.8) is 0 Å². The van der Waals surface area contributed by atoms with Crippen LogP contribution in [-0.2, 0) is 22.7 Å². The van der Waals surface area contributed by atoms with Crippen molar-refractivity contribution in [1.82, 2.24) is 39.0 Å². The molecule has 0 aromatic carbocycles. The molecule has 4 aromatic rings. The van der Waals surface area contributed by atoms with Gasteiger partial charge in [0.05, 0.1) is 32.6 Å². The first-order valence-electron chi connectivity index (χ1n) is 14.3. The van der Waals surface area contributed by atoms with Crippen LogP contribution in [0.3, 0.4) is 0 Å². The molecule has 0 aliphatic carbocycles. The number of fused-ring (bicyclic) bond motifs is 2. The molecule has 2 unspecified atom stereocenters. The summed E-state index contributed by atoms with van der Waals surface area (Å²) in [7, 11) is 1.59. The molecule has 0 radical (unpaired) electrons. The van der Waals surface area contributed by atoms with Crippen LogP contribution >= 0.6 is 11.6 Å². The molecule has 4 aromatic heterocycles. The predicted octanol–water partition coefficient (Wildman–Crippen LogP) is 4.42. The van der Waals surface area contributed by atoms with Gasteiger partial charge in [-0.05, 0) is 30.7 Å². The Bertz CT molecular complexity index is 1520. The van der Waals surface area contributed by atoms with Crippen molar-refractivity contribution in [2.75, 3.05) is 20.2 Å². The second-order valence-electron chi connectivity index (χ2n) is 10.9. The SMILES string of the molecule is CCCC1CC(=O)N(Cc2cnn3ccc(Cl)nc23)C1.CCCC1CC(=O)N(Cc2cnn3ccc(OC)nc23)C1. The molecule has 12 heteroatoms. The second kappa shape index (κ2) is 12.8. The molecule has 2 aliphatic heterocycles. The largest absolute Gasteiger partial charge is 0.481 e. The highest BCUT2D eigenvalue weighted by atomic mass is 35.5. The first kappa shape index (κ1) is 28.8. The topological polar surface area (TPSA) is 110 Å². The summed E-state index contributed by atoms with van der Waals surface area (Å²) in [6.07, 6.45) is 13.0. The average molecular weight is 581 g/mol. The third-order valence-corrected chi connectivity index (χ3v) is 7.95. The minimum Gasteiger partial charge on any atom is -0.481 e. The van der Waals surface area contributed by atoms with E-state index in [-0.39, 0.29) is 11.8 Å². The first-order chi connectivity index (χ1) is 19.9. The Morgan fingerprint density at radius 3 is 1.85 bits per heavy atom. The number of methoxy groups -OCH3 is 1. The van der Waals surface area contributed by atoms with Crippen LogP contribution < -0.4 is 4.74 Å². The summed E-state index contributed by atoms with van der Waals surface area (Å²) >= 11 is 5.92. The molecule has 0 spiro atoms. The zero-order valence-electron chi connectivity index (χ0n) is 23.9. The highest BCUT2D eigenvalue weighted by molar-refractivity contribution is 6.29. The Labute approximate surface area is 244 Å². The zero-order valence-corrected chi connectivity index (χ0v) is 24.6. The summed E-state index contributed by atoms with van der Waals surface area (Å²) in [5.74, 6) is 2.00. The lowest BCUT2D eigenvalue weighted by atomic mass is 10.0. The van der Waals surface area contributed by atoms with E-state index in [1.54, 1.807) is 46.9 Å². The number of halogens is 1. The lowest BCUT2D eigenvalue weighted by molar-refractivity contribution is -0.129. The van der Waals surface area contributed by atoms with Gasteiger partial charge in [0.2, 0.25) is 17.7 Å². The maximum absolute atomic E-state index is 12.1.